The number of carbonyl (C=O) groups excluding carboxylic acids is 1. The normalized spacial score (nSPS) is 10.7. The van der Waals surface area contributed by atoms with Gasteiger partial charge in [0.05, 0.1) is 10.7 Å². The quantitative estimate of drug-likeness (QED) is 0.337. The van der Waals surface area contributed by atoms with E-state index in [1.807, 2.05) is 29.7 Å². The second-order valence-electron chi connectivity index (χ2n) is 6.47. The monoisotopic (exact) mass is 411 g/mol. The van der Waals surface area contributed by atoms with E-state index < -0.39 is 4.92 Å². The van der Waals surface area contributed by atoms with E-state index in [9.17, 15) is 14.9 Å². The molecule has 0 saturated heterocycles. The molecule has 1 amide bonds. The zero-order valence-electron chi connectivity index (χ0n) is 16.2. The van der Waals surface area contributed by atoms with Crippen molar-refractivity contribution in [3.8, 4) is 11.4 Å². The van der Waals surface area contributed by atoms with Crippen molar-refractivity contribution in [1.29, 1.82) is 0 Å². The highest BCUT2D eigenvalue weighted by molar-refractivity contribution is 7.99. The van der Waals surface area contributed by atoms with Crippen LogP contribution in [0.4, 0.5) is 11.4 Å². The minimum Gasteiger partial charge on any atom is -0.325 e. The van der Waals surface area contributed by atoms with Gasteiger partial charge in [0.15, 0.2) is 11.0 Å². The topological polar surface area (TPSA) is 103 Å². The number of non-ortho nitro benzene ring substituents is 1. The smallest absolute Gasteiger partial charge is 0.269 e. The minimum atomic E-state index is -0.478. The lowest BCUT2D eigenvalue weighted by atomic mass is 10.1. The van der Waals surface area contributed by atoms with Crippen LogP contribution in [0.25, 0.3) is 11.4 Å². The number of amides is 1. The van der Waals surface area contributed by atoms with Crippen molar-refractivity contribution < 1.29 is 9.72 Å². The van der Waals surface area contributed by atoms with E-state index >= 15 is 0 Å². The Morgan fingerprint density at radius 1 is 1.21 bits per heavy atom. The minimum absolute atomic E-state index is 0.0197. The van der Waals surface area contributed by atoms with Crippen molar-refractivity contribution in [2.45, 2.75) is 32.0 Å². The first-order chi connectivity index (χ1) is 14.0. The van der Waals surface area contributed by atoms with Gasteiger partial charge in [-0.2, -0.15) is 0 Å². The molecule has 2 aromatic carbocycles. The molecule has 0 spiro atoms. The number of anilines is 1. The summed E-state index contributed by atoms with van der Waals surface area (Å²) in [5, 5.41) is 22.7. The lowest BCUT2D eigenvalue weighted by molar-refractivity contribution is -0.384. The van der Waals surface area contributed by atoms with E-state index in [4.69, 9.17) is 0 Å². The predicted octanol–water partition coefficient (Wildman–Crippen LogP) is 4.30. The van der Waals surface area contributed by atoms with Crippen molar-refractivity contribution in [3.63, 3.8) is 0 Å². The number of hydrogen-bond donors (Lipinski definition) is 1. The summed E-state index contributed by atoms with van der Waals surface area (Å²) in [6.45, 7) is 4.86. The number of rotatable bonds is 8. The van der Waals surface area contributed by atoms with Crippen LogP contribution >= 0.6 is 11.8 Å². The number of thioether (sulfide) groups is 1. The summed E-state index contributed by atoms with van der Waals surface area (Å²) in [6.07, 6.45) is 0.916. The largest absolute Gasteiger partial charge is 0.325 e. The third-order valence-electron chi connectivity index (χ3n) is 4.13. The number of hydrogen-bond acceptors (Lipinski definition) is 6. The van der Waals surface area contributed by atoms with Gasteiger partial charge in [-0.25, -0.2) is 0 Å². The highest BCUT2D eigenvalue weighted by Crippen LogP contribution is 2.25. The number of nitrogens with zero attached hydrogens (tertiary/aromatic N) is 4. The molecule has 0 aliphatic carbocycles. The van der Waals surface area contributed by atoms with E-state index in [1.54, 1.807) is 0 Å². The van der Waals surface area contributed by atoms with Crippen LogP contribution in [0.3, 0.4) is 0 Å². The number of nitrogens with one attached hydrogen (secondary N) is 1. The molecule has 1 aromatic heterocycles. The summed E-state index contributed by atoms with van der Waals surface area (Å²) in [7, 11) is 0. The zero-order valence-corrected chi connectivity index (χ0v) is 17.0. The summed E-state index contributed by atoms with van der Waals surface area (Å²) in [5.74, 6) is 0.730. The van der Waals surface area contributed by atoms with E-state index in [2.05, 4.69) is 28.5 Å². The second-order valence-corrected chi connectivity index (χ2v) is 7.41. The number of nitro groups is 1. The molecule has 3 rings (SSSR count). The molecule has 0 atom stereocenters. The molecule has 150 valence electrons. The molecule has 0 aliphatic rings. The first-order valence-electron chi connectivity index (χ1n) is 9.15. The molecule has 29 heavy (non-hydrogen) atoms. The van der Waals surface area contributed by atoms with Crippen molar-refractivity contribution >= 4 is 29.0 Å². The molecular formula is C20H21N5O3S. The zero-order chi connectivity index (χ0) is 20.8. The van der Waals surface area contributed by atoms with Crippen LogP contribution in [0.15, 0.2) is 53.7 Å². The maximum Gasteiger partial charge on any atom is 0.269 e. The average molecular weight is 411 g/mol. The molecule has 1 N–H and O–H groups in total. The van der Waals surface area contributed by atoms with Gasteiger partial charge in [-0.05, 0) is 31.5 Å². The van der Waals surface area contributed by atoms with Crippen LogP contribution < -0.4 is 5.32 Å². The summed E-state index contributed by atoms with van der Waals surface area (Å²) in [4.78, 5) is 22.5. The van der Waals surface area contributed by atoms with Crippen molar-refractivity contribution in [1.82, 2.24) is 14.8 Å². The second kappa shape index (κ2) is 9.33. The Labute approximate surface area is 172 Å². The SMILES string of the molecule is CCCn1c(SCC(=O)Nc2ccc([N+](=O)[O-])cc2)nnc1-c1cccc(C)c1. The van der Waals surface area contributed by atoms with Crippen molar-refractivity contribution in [2.75, 3.05) is 11.1 Å². The summed E-state index contributed by atoms with van der Waals surface area (Å²) >= 11 is 1.31. The molecule has 0 aliphatic heterocycles. The maximum atomic E-state index is 12.3. The Balaban J connectivity index is 1.68. The lowest BCUT2D eigenvalue weighted by Gasteiger charge is -2.09. The predicted molar refractivity (Wildman–Crippen MR) is 113 cm³/mol. The van der Waals surface area contributed by atoms with Gasteiger partial charge < -0.3 is 9.88 Å². The summed E-state index contributed by atoms with van der Waals surface area (Å²) in [6, 6.07) is 13.8. The molecule has 8 nitrogen and oxygen atoms in total. The molecule has 0 saturated carbocycles. The van der Waals surface area contributed by atoms with Gasteiger partial charge in [-0.3, -0.25) is 14.9 Å². The fourth-order valence-electron chi connectivity index (χ4n) is 2.81. The lowest BCUT2D eigenvalue weighted by Crippen LogP contribution is -2.14. The Bertz CT molecular complexity index is 1020. The fourth-order valence-corrected chi connectivity index (χ4v) is 3.58. The Hall–Kier alpha value is -3.20. The number of aryl methyl sites for hydroxylation is 1. The van der Waals surface area contributed by atoms with Gasteiger partial charge in [-0.1, -0.05) is 42.4 Å². The highest BCUT2D eigenvalue weighted by atomic mass is 32.2. The highest BCUT2D eigenvalue weighted by Gasteiger charge is 2.15. The standard InChI is InChI=1S/C20H21N5O3S/c1-3-11-24-19(15-6-4-5-14(2)12-15)22-23-20(24)29-13-18(26)21-16-7-9-17(10-8-16)25(27)28/h4-10,12H,3,11,13H2,1-2H3,(H,21,26). The van der Waals surface area contributed by atoms with E-state index in [1.165, 1.54) is 36.0 Å². The van der Waals surface area contributed by atoms with Crippen LogP contribution in [-0.2, 0) is 11.3 Å². The molecule has 0 fully saturated rings. The molecule has 3 aromatic rings. The maximum absolute atomic E-state index is 12.3. The van der Waals surface area contributed by atoms with Crippen molar-refractivity contribution in [2.24, 2.45) is 0 Å². The number of carbonyl (C=O) groups is 1. The van der Waals surface area contributed by atoms with Gasteiger partial charge in [0.1, 0.15) is 0 Å². The van der Waals surface area contributed by atoms with Crippen LogP contribution in [0.2, 0.25) is 0 Å². The van der Waals surface area contributed by atoms with Gasteiger partial charge in [0, 0.05) is 29.9 Å². The molecule has 1 heterocycles. The van der Waals surface area contributed by atoms with E-state index in [0.717, 1.165) is 29.9 Å². The fraction of sp³-hybridized carbons (Fsp3) is 0.250. The van der Waals surface area contributed by atoms with Crippen LogP contribution in [0.5, 0.6) is 0 Å². The van der Waals surface area contributed by atoms with E-state index in [-0.39, 0.29) is 17.3 Å². The van der Waals surface area contributed by atoms with Gasteiger partial charge >= 0.3 is 0 Å². The van der Waals surface area contributed by atoms with E-state index in [0.29, 0.717) is 10.8 Å². The van der Waals surface area contributed by atoms with Crippen molar-refractivity contribution in [3.05, 3.63) is 64.2 Å². The van der Waals surface area contributed by atoms with Gasteiger partial charge in [0.25, 0.3) is 5.69 Å². The third kappa shape index (κ3) is 5.20. The summed E-state index contributed by atoms with van der Waals surface area (Å²) < 4.78 is 2.03. The van der Waals surface area contributed by atoms with Crippen LogP contribution in [-0.4, -0.2) is 31.3 Å². The average Bonchev–Trinajstić information content (AvgIpc) is 3.10. The van der Waals surface area contributed by atoms with Gasteiger partial charge in [-0.15, -0.1) is 10.2 Å². The molecular weight excluding hydrogens is 390 g/mol. The first kappa shape index (κ1) is 20.5. The number of aromatic nitrogens is 3. The van der Waals surface area contributed by atoms with Crippen LogP contribution in [0.1, 0.15) is 18.9 Å². The molecule has 0 unspecified atom stereocenters. The Morgan fingerprint density at radius 3 is 2.62 bits per heavy atom. The number of benzene rings is 2. The third-order valence-corrected chi connectivity index (χ3v) is 5.10. The Morgan fingerprint density at radius 2 is 1.97 bits per heavy atom. The number of nitro benzene ring substituents is 1. The van der Waals surface area contributed by atoms with Gasteiger partial charge in [0.2, 0.25) is 5.91 Å². The van der Waals surface area contributed by atoms with Crippen LogP contribution in [0, 0.1) is 17.0 Å². The first-order valence-corrected chi connectivity index (χ1v) is 10.1. The molecule has 0 radical (unpaired) electrons. The summed E-state index contributed by atoms with van der Waals surface area (Å²) in [5.41, 5.74) is 2.63. The molecule has 0 bridgehead atoms. The molecule has 9 heteroatoms. The Kier molecular flexibility index (Phi) is 6.61.